The van der Waals surface area contributed by atoms with Crippen molar-refractivity contribution in [2.24, 2.45) is 0 Å². The molecule has 0 spiro atoms. The van der Waals surface area contributed by atoms with Crippen LogP contribution in [-0.2, 0) is 26.4 Å². The second-order valence-corrected chi connectivity index (χ2v) is 35.1. The number of anilines is 12. The molecule has 0 amide bonds. The summed E-state index contributed by atoms with van der Waals surface area (Å²) < 4.78 is 67.8. The first-order valence-electron chi connectivity index (χ1n) is 40.2. The van der Waals surface area contributed by atoms with Crippen LogP contribution in [-0.4, -0.2) is 31.1 Å². The molecule has 2 N–H and O–H groups in total. The van der Waals surface area contributed by atoms with Gasteiger partial charge in [-0.15, -0.1) is 0 Å². The second-order valence-electron chi connectivity index (χ2n) is 31.7. The van der Waals surface area contributed by atoms with Crippen LogP contribution in [0.5, 0.6) is 5.75 Å². The SMILES string of the molecule is CC1(C)c2ccccc2N(c2ccccc2)c2cc(-c3ccc(Br)cc3)ccc21.CC1(C)c2ccccc2N(c2ccccc2)c2cc(-c3ccc(N(c4ccc(-c5ccccc5)cc4)c4ccc(-c5ccccc5)cc4)cc3)ccc21.CC1(C)c2ccccc2N(c2ccccc2)c2cc(OS(=O)(=O)C(F)(F)F)ccc21.OB(O)c1ccc(Br)cc1. The number of rotatable bonds is 13. The van der Waals surface area contributed by atoms with E-state index in [9.17, 15) is 21.6 Å². The fourth-order valence-corrected chi connectivity index (χ4v) is 17.7. The topological polar surface area (TPSA) is 96.8 Å². The minimum atomic E-state index is -5.77. The van der Waals surface area contributed by atoms with Gasteiger partial charge in [0, 0.05) is 65.4 Å². The van der Waals surface area contributed by atoms with E-state index in [1.807, 2.05) is 73.3 Å². The molecule has 9 nitrogen and oxygen atoms in total. The highest BCUT2D eigenvalue weighted by atomic mass is 79.9. The zero-order chi connectivity index (χ0) is 85.1. The van der Waals surface area contributed by atoms with Crippen LogP contribution in [0.3, 0.4) is 0 Å². The predicted molar refractivity (Wildman–Crippen MR) is 503 cm³/mol. The van der Waals surface area contributed by atoms with Gasteiger partial charge in [-0.2, -0.15) is 21.6 Å². The van der Waals surface area contributed by atoms with Gasteiger partial charge in [0.15, 0.2) is 0 Å². The van der Waals surface area contributed by atoms with Crippen molar-refractivity contribution in [2.45, 2.75) is 63.3 Å². The summed E-state index contributed by atoms with van der Waals surface area (Å²) in [5.74, 6) is -0.401. The Kier molecular flexibility index (Phi) is 23.6. The van der Waals surface area contributed by atoms with Crippen LogP contribution in [0.25, 0.3) is 44.5 Å². The second kappa shape index (κ2) is 34.7. The quantitative estimate of drug-likeness (QED) is 0.0665. The van der Waals surface area contributed by atoms with Crippen LogP contribution in [0.2, 0.25) is 0 Å². The van der Waals surface area contributed by atoms with E-state index in [0.29, 0.717) is 11.2 Å². The molecule has 16 aromatic rings. The van der Waals surface area contributed by atoms with Crippen molar-refractivity contribution in [2.75, 3.05) is 19.6 Å². The third-order valence-corrected chi connectivity index (χ3v) is 25.0. The Morgan fingerprint density at radius 3 is 0.885 bits per heavy atom. The predicted octanol–water partition coefficient (Wildman–Crippen LogP) is 28.6. The number of para-hydroxylation sites is 6. The number of nitrogens with zero attached hydrogens (tertiary/aromatic N) is 4. The summed E-state index contributed by atoms with van der Waals surface area (Å²) in [6.45, 7) is 13.4. The highest BCUT2D eigenvalue weighted by Gasteiger charge is 2.49. The maximum absolute atomic E-state index is 12.8. The van der Waals surface area contributed by atoms with E-state index in [1.54, 1.807) is 30.3 Å². The van der Waals surface area contributed by atoms with E-state index in [4.69, 9.17) is 10.0 Å². The van der Waals surface area contributed by atoms with Crippen molar-refractivity contribution in [3.8, 4) is 50.3 Å². The normalized spacial score (nSPS) is 13.5. The van der Waals surface area contributed by atoms with Gasteiger partial charge in [0.05, 0.1) is 34.1 Å². The van der Waals surface area contributed by atoms with Crippen LogP contribution in [0.4, 0.5) is 81.4 Å². The third kappa shape index (κ3) is 16.9. The lowest BCUT2D eigenvalue weighted by Gasteiger charge is -2.42. The molecule has 0 saturated heterocycles. The van der Waals surface area contributed by atoms with Gasteiger partial charge in [0.25, 0.3) is 0 Å². The largest absolute Gasteiger partial charge is 0.534 e. The Labute approximate surface area is 729 Å². The highest BCUT2D eigenvalue weighted by Crippen LogP contribution is 2.57. The van der Waals surface area contributed by atoms with Crippen molar-refractivity contribution >= 4 is 123 Å². The molecule has 604 valence electrons. The number of fused-ring (bicyclic) bond motifs is 6. The van der Waals surface area contributed by atoms with Gasteiger partial charge in [-0.25, -0.2) is 0 Å². The van der Waals surface area contributed by atoms with Gasteiger partial charge >= 0.3 is 22.7 Å². The van der Waals surface area contributed by atoms with E-state index in [-0.39, 0.29) is 10.8 Å². The molecule has 0 fully saturated rings. The van der Waals surface area contributed by atoms with Gasteiger partial charge in [-0.1, -0.05) is 334 Å². The molecular formula is C106H86BBr2F3N4O5S. The molecule has 3 aliphatic rings. The van der Waals surface area contributed by atoms with Gasteiger partial charge in [-0.3, -0.25) is 0 Å². The highest BCUT2D eigenvalue weighted by molar-refractivity contribution is 9.10. The molecule has 3 heterocycles. The molecule has 3 aliphatic heterocycles. The van der Waals surface area contributed by atoms with Crippen molar-refractivity contribution in [1.82, 2.24) is 0 Å². The standard InChI is InChI=1S/C51H40N2.C27H22BrN.C22H18F3NO3S.C6H6BBrO2/c1-51(2)47-20-12-13-21-49(47)53(43-18-10-5-11-19-43)50-36-42(28-35-48(50)51)41-26-33-46(34-27-41)52(44-29-22-39(23-30-44)37-14-6-3-7-15-37)45-31-24-40(25-32-45)38-16-8-4-9-17-38;1-27(2)23-10-6-7-11-25(23)29(22-8-4-3-5-9-22)26-18-20(14-17-24(26)27)19-12-15-21(28)16-13-19;1-21(2)17-10-6-7-11-19(17)26(15-8-4-3-5-9-15)20-14-16(12-13-18(20)21)29-30(27,28)22(23,24)25;8-6-3-1-5(2-4-6)7(9)10/h3-36H,1-2H3;3-18H,1-2H3;3-14H,1-2H3;1-4,9-10H. The Morgan fingerprint density at radius 2 is 0.557 bits per heavy atom. The molecule has 19 rings (SSSR count). The Balaban J connectivity index is 0.000000136. The lowest BCUT2D eigenvalue weighted by atomic mass is 9.73. The first-order valence-corrected chi connectivity index (χ1v) is 43.2. The maximum Gasteiger partial charge on any atom is 0.534 e. The summed E-state index contributed by atoms with van der Waals surface area (Å²) in [4.78, 5) is 9.06. The van der Waals surface area contributed by atoms with Gasteiger partial charge < -0.3 is 33.8 Å². The molecule has 0 unspecified atom stereocenters. The zero-order valence-corrected chi connectivity index (χ0v) is 71.9. The van der Waals surface area contributed by atoms with Crippen molar-refractivity contribution < 1.29 is 35.8 Å². The number of benzene rings is 16. The maximum atomic E-state index is 12.8. The monoisotopic (exact) mass is 1750 g/mol. The van der Waals surface area contributed by atoms with Gasteiger partial charge in [0.1, 0.15) is 5.75 Å². The lowest BCUT2D eigenvalue weighted by Crippen LogP contribution is -2.31. The zero-order valence-electron chi connectivity index (χ0n) is 67.9. The van der Waals surface area contributed by atoms with Crippen LogP contribution in [0.15, 0.2) is 409 Å². The number of hydrogen-bond acceptors (Lipinski definition) is 9. The molecule has 122 heavy (non-hydrogen) atoms. The summed E-state index contributed by atoms with van der Waals surface area (Å²) in [6, 6.07) is 137. The first kappa shape index (κ1) is 82.9. The Bertz CT molecular complexity index is 6420. The molecule has 0 atom stereocenters. The number of alkyl halides is 3. The van der Waals surface area contributed by atoms with E-state index < -0.39 is 33.9 Å². The van der Waals surface area contributed by atoms with Crippen LogP contribution < -0.4 is 29.2 Å². The van der Waals surface area contributed by atoms with Crippen LogP contribution in [0, 0.1) is 0 Å². The summed E-state index contributed by atoms with van der Waals surface area (Å²) in [6.07, 6.45) is 0. The third-order valence-electron chi connectivity index (χ3n) is 23.0. The molecule has 0 aliphatic carbocycles. The van der Waals surface area contributed by atoms with Crippen molar-refractivity contribution in [1.29, 1.82) is 0 Å². The fourth-order valence-electron chi connectivity index (χ4n) is 16.7. The number of halogens is 5. The van der Waals surface area contributed by atoms with Crippen LogP contribution in [0.1, 0.15) is 74.9 Å². The molecule has 0 radical (unpaired) electrons. The summed E-state index contributed by atoms with van der Waals surface area (Å²) >= 11 is 6.77. The average Bonchev–Trinajstić information content (AvgIpc) is 0.733. The van der Waals surface area contributed by atoms with E-state index in [0.717, 1.165) is 54.2 Å². The molecule has 0 bridgehead atoms. The Hall–Kier alpha value is -12.8. The lowest BCUT2D eigenvalue weighted by molar-refractivity contribution is -0.0500. The minimum Gasteiger partial charge on any atom is -0.423 e. The van der Waals surface area contributed by atoms with Crippen molar-refractivity contribution in [3.05, 3.63) is 443 Å². The summed E-state index contributed by atoms with van der Waals surface area (Å²) in [5.41, 5.74) is 24.1. The van der Waals surface area contributed by atoms with Gasteiger partial charge in [-0.05, 0) is 217 Å². The van der Waals surface area contributed by atoms with E-state index >= 15 is 0 Å². The molecular weight excluding hydrogens is 1670 g/mol. The van der Waals surface area contributed by atoms with Crippen molar-refractivity contribution in [3.63, 3.8) is 0 Å². The first-order chi connectivity index (χ1) is 58.8. The molecule has 0 aromatic heterocycles. The number of hydrogen-bond donors (Lipinski definition) is 2. The molecule has 0 saturated carbocycles. The fraction of sp³-hybridized carbons (Fsp3) is 0.0943. The molecule has 16 heteroatoms. The summed E-state index contributed by atoms with van der Waals surface area (Å²) in [7, 11) is -7.13. The van der Waals surface area contributed by atoms with E-state index in [2.05, 4.69) is 382 Å². The summed E-state index contributed by atoms with van der Waals surface area (Å²) in [5, 5.41) is 17.3. The van der Waals surface area contributed by atoms with E-state index in [1.165, 1.54) is 107 Å². The van der Waals surface area contributed by atoms with Crippen LogP contribution >= 0.6 is 31.9 Å². The Morgan fingerprint density at radius 1 is 0.303 bits per heavy atom. The minimum absolute atomic E-state index is 0.0601. The molecule has 16 aromatic carbocycles. The van der Waals surface area contributed by atoms with Gasteiger partial charge in [0.2, 0.25) is 0 Å². The average molecular weight is 1760 g/mol. The smallest absolute Gasteiger partial charge is 0.423 e.